The molecule has 11 atom stereocenters. The molecule has 3 aliphatic carbocycles. The summed E-state index contributed by atoms with van der Waals surface area (Å²) in [6.07, 6.45) is 9.48. The summed E-state index contributed by atoms with van der Waals surface area (Å²) in [6, 6.07) is 0. The van der Waals surface area contributed by atoms with Crippen molar-refractivity contribution in [2.24, 2.45) is 39.9 Å². The minimum absolute atomic E-state index is 0.00811. The van der Waals surface area contributed by atoms with E-state index in [1.165, 1.54) is 45.4 Å². The molecule has 4 unspecified atom stereocenters. The SMILES string of the molecule is CC[C@@H]1CCC2C(C)(C)[C@@H](O)CC[C@@]23C[C@@]13CC[C@@]1(C)NCC2OC([C@H](OC(C)=O)C(C)(C)O)C[C@@H](C)C21. The van der Waals surface area contributed by atoms with E-state index in [1.807, 2.05) is 0 Å². The van der Waals surface area contributed by atoms with E-state index in [2.05, 4.69) is 39.9 Å². The van der Waals surface area contributed by atoms with Crippen molar-refractivity contribution in [2.45, 2.75) is 149 Å². The monoisotopic (exact) mass is 533 g/mol. The van der Waals surface area contributed by atoms with Gasteiger partial charge in [-0.3, -0.25) is 4.79 Å². The number of hydrogen-bond donors (Lipinski definition) is 3. The van der Waals surface area contributed by atoms with Gasteiger partial charge in [-0.15, -0.1) is 0 Å². The number of rotatable bonds is 7. The fourth-order valence-corrected chi connectivity index (χ4v) is 10.9. The van der Waals surface area contributed by atoms with E-state index in [0.717, 1.165) is 31.7 Å². The average Bonchev–Trinajstić information content (AvgIpc) is 3.38. The Labute approximate surface area is 231 Å². The standard InChI is InChI=1S/C32H55NO5/c1-9-21-10-11-24-28(4,5)25(35)12-13-32(24)18-31(21,32)15-14-30(8)26-19(2)16-22(38-23(26)17-33-30)27(29(6,7)36)37-20(3)34/h19,21-27,33,35-36H,9-18H2,1-8H3/t19-,21-,22?,23?,24?,25+,26?,27+,30-,31+,32-/m1/s1. The molecule has 0 radical (unpaired) electrons. The zero-order chi connectivity index (χ0) is 27.9. The summed E-state index contributed by atoms with van der Waals surface area (Å²) in [6.45, 7) is 17.4. The fraction of sp³-hybridized carbons (Fsp3) is 0.969. The maximum Gasteiger partial charge on any atom is 0.303 e. The first-order valence-electron chi connectivity index (χ1n) is 15.6. The Morgan fingerprint density at radius 1 is 1.18 bits per heavy atom. The van der Waals surface area contributed by atoms with Crippen LogP contribution in [0.25, 0.3) is 0 Å². The van der Waals surface area contributed by atoms with Crippen LogP contribution in [0.2, 0.25) is 0 Å². The number of aliphatic hydroxyl groups is 2. The van der Waals surface area contributed by atoms with Gasteiger partial charge in [0.15, 0.2) is 6.10 Å². The number of fused-ring (bicyclic) bond motifs is 1. The third-order valence-electron chi connectivity index (χ3n) is 12.7. The van der Waals surface area contributed by atoms with Crippen LogP contribution in [0.15, 0.2) is 0 Å². The van der Waals surface area contributed by atoms with E-state index in [9.17, 15) is 15.0 Å². The lowest BCUT2D eigenvalue weighted by Crippen LogP contribution is -2.56. The lowest BCUT2D eigenvalue weighted by Gasteiger charge is -2.55. The Hall–Kier alpha value is -0.690. The van der Waals surface area contributed by atoms with Crippen LogP contribution in [0.4, 0.5) is 0 Å². The van der Waals surface area contributed by atoms with Gasteiger partial charge in [0.25, 0.3) is 0 Å². The lowest BCUT2D eigenvalue weighted by atomic mass is 9.51. The van der Waals surface area contributed by atoms with Crippen molar-refractivity contribution in [3.05, 3.63) is 0 Å². The van der Waals surface area contributed by atoms with Gasteiger partial charge < -0.3 is 25.0 Å². The first-order chi connectivity index (χ1) is 17.6. The second-order valence-electron chi connectivity index (χ2n) is 15.5. The minimum atomic E-state index is -1.16. The van der Waals surface area contributed by atoms with Crippen molar-refractivity contribution in [2.75, 3.05) is 6.54 Å². The van der Waals surface area contributed by atoms with Gasteiger partial charge in [-0.2, -0.15) is 0 Å². The largest absolute Gasteiger partial charge is 0.457 e. The summed E-state index contributed by atoms with van der Waals surface area (Å²) in [7, 11) is 0. The number of carbonyl (C=O) groups is 1. The number of ether oxygens (including phenoxy) is 2. The molecule has 5 aliphatic rings. The lowest BCUT2D eigenvalue weighted by molar-refractivity contribution is -0.203. The predicted molar refractivity (Wildman–Crippen MR) is 148 cm³/mol. The molecule has 0 aromatic carbocycles. The van der Waals surface area contributed by atoms with Gasteiger partial charge >= 0.3 is 5.97 Å². The molecule has 5 rings (SSSR count). The van der Waals surface area contributed by atoms with Crippen molar-refractivity contribution < 1.29 is 24.5 Å². The highest BCUT2D eigenvalue weighted by Crippen LogP contribution is 2.83. The Morgan fingerprint density at radius 2 is 1.89 bits per heavy atom. The molecular formula is C32H55NO5. The molecule has 5 fully saturated rings. The maximum absolute atomic E-state index is 11.8. The number of carbonyl (C=O) groups excluding carboxylic acids is 1. The summed E-state index contributed by atoms with van der Waals surface area (Å²) in [4.78, 5) is 11.8. The third-order valence-corrected chi connectivity index (χ3v) is 12.7. The Morgan fingerprint density at radius 3 is 2.53 bits per heavy atom. The highest BCUT2D eigenvalue weighted by atomic mass is 16.6. The topological polar surface area (TPSA) is 88.0 Å². The molecule has 0 aromatic heterocycles. The van der Waals surface area contributed by atoms with Crippen LogP contribution < -0.4 is 5.32 Å². The number of hydrogen-bond acceptors (Lipinski definition) is 6. The number of esters is 1. The van der Waals surface area contributed by atoms with Crippen molar-refractivity contribution in [3.8, 4) is 0 Å². The molecule has 2 saturated heterocycles. The fourth-order valence-electron chi connectivity index (χ4n) is 10.9. The van der Waals surface area contributed by atoms with Gasteiger partial charge in [-0.1, -0.05) is 34.1 Å². The predicted octanol–water partition coefficient (Wildman–Crippen LogP) is 5.23. The van der Waals surface area contributed by atoms with E-state index in [-0.39, 0.29) is 35.2 Å². The van der Waals surface area contributed by atoms with Gasteiger partial charge in [0, 0.05) is 24.9 Å². The molecule has 6 heteroatoms. The second kappa shape index (κ2) is 9.42. The molecule has 0 bridgehead atoms. The Balaban J connectivity index is 1.32. The molecule has 0 aromatic rings. The molecule has 38 heavy (non-hydrogen) atoms. The van der Waals surface area contributed by atoms with Gasteiger partial charge in [-0.05, 0) is 106 Å². The van der Waals surface area contributed by atoms with Gasteiger partial charge in [0.1, 0.15) is 0 Å². The van der Waals surface area contributed by atoms with Crippen LogP contribution >= 0.6 is 0 Å². The van der Waals surface area contributed by atoms with Crippen LogP contribution in [-0.4, -0.2) is 58.3 Å². The van der Waals surface area contributed by atoms with Crippen molar-refractivity contribution >= 4 is 5.97 Å². The molecule has 3 N–H and O–H groups in total. The minimum Gasteiger partial charge on any atom is -0.457 e. The molecule has 2 aliphatic heterocycles. The first kappa shape index (κ1) is 28.8. The first-order valence-corrected chi connectivity index (χ1v) is 15.6. The summed E-state index contributed by atoms with van der Waals surface area (Å²) < 4.78 is 12.2. The van der Waals surface area contributed by atoms with Crippen molar-refractivity contribution in [1.82, 2.24) is 5.32 Å². The molecule has 0 amide bonds. The quantitative estimate of drug-likeness (QED) is 0.388. The van der Waals surface area contributed by atoms with E-state index < -0.39 is 11.7 Å². The molecule has 218 valence electrons. The van der Waals surface area contributed by atoms with Gasteiger partial charge in [0.2, 0.25) is 0 Å². The van der Waals surface area contributed by atoms with E-state index in [1.54, 1.807) is 13.8 Å². The number of aliphatic hydroxyl groups excluding tert-OH is 1. The molecule has 1 spiro atoms. The third kappa shape index (κ3) is 4.30. The Kier molecular flexibility index (Phi) is 7.15. The summed E-state index contributed by atoms with van der Waals surface area (Å²) in [5, 5.41) is 25.6. The van der Waals surface area contributed by atoms with Crippen molar-refractivity contribution in [3.63, 3.8) is 0 Å². The smallest absolute Gasteiger partial charge is 0.303 e. The Bertz CT molecular complexity index is 914. The average molecular weight is 534 g/mol. The van der Waals surface area contributed by atoms with Gasteiger partial charge in [0.05, 0.1) is 23.9 Å². The zero-order valence-electron chi connectivity index (χ0n) is 25.3. The van der Waals surface area contributed by atoms with Crippen LogP contribution in [0, 0.1) is 39.9 Å². The van der Waals surface area contributed by atoms with Crippen LogP contribution in [0.3, 0.4) is 0 Å². The molecule has 6 nitrogen and oxygen atoms in total. The highest BCUT2D eigenvalue weighted by Gasteiger charge is 2.76. The zero-order valence-corrected chi connectivity index (χ0v) is 25.3. The molecular weight excluding hydrogens is 478 g/mol. The normalized spacial score (nSPS) is 48.4. The van der Waals surface area contributed by atoms with Gasteiger partial charge in [-0.25, -0.2) is 0 Å². The molecule has 2 heterocycles. The number of nitrogens with one attached hydrogen (secondary N) is 1. The highest BCUT2D eigenvalue weighted by molar-refractivity contribution is 5.66. The summed E-state index contributed by atoms with van der Waals surface area (Å²) in [5.41, 5.74) is -0.292. The summed E-state index contributed by atoms with van der Waals surface area (Å²) >= 11 is 0. The van der Waals surface area contributed by atoms with Crippen LogP contribution in [0.5, 0.6) is 0 Å². The van der Waals surface area contributed by atoms with E-state index in [0.29, 0.717) is 28.6 Å². The van der Waals surface area contributed by atoms with Crippen LogP contribution in [-0.2, 0) is 14.3 Å². The van der Waals surface area contributed by atoms with E-state index >= 15 is 0 Å². The maximum atomic E-state index is 11.8. The molecule has 3 saturated carbocycles. The van der Waals surface area contributed by atoms with Crippen molar-refractivity contribution in [1.29, 1.82) is 0 Å². The second-order valence-corrected chi connectivity index (χ2v) is 15.5. The van der Waals surface area contributed by atoms with Crippen LogP contribution in [0.1, 0.15) is 113 Å². The van der Waals surface area contributed by atoms with E-state index in [4.69, 9.17) is 9.47 Å². The summed E-state index contributed by atoms with van der Waals surface area (Å²) in [5.74, 6) is 1.85.